The first-order chi connectivity index (χ1) is 15.3. The Hall–Kier alpha value is -1.42. The lowest BCUT2D eigenvalue weighted by Gasteiger charge is -2.37. The molecule has 0 N–H and O–H groups in total. The third-order valence-corrected chi connectivity index (χ3v) is 7.79. The maximum absolute atomic E-state index is 5.67. The van der Waals surface area contributed by atoms with E-state index in [9.17, 15) is 0 Å². The molecule has 0 heterocycles. The zero-order valence-electron chi connectivity index (χ0n) is 20.3. The summed E-state index contributed by atoms with van der Waals surface area (Å²) in [6.07, 6.45) is 21.2. The highest BCUT2D eigenvalue weighted by Gasteiger charge is 2.30. The second kappa shape index (κ2) is 13.9. The molecule has 0 atom stereocenters. The average Bonchev–Trinajstić information content (AvgIpc) is 2.83. The van der Waals surface area contributed by atoms with Gasteiger partial charge >= 0.3 is 0 Å². The quantitative estimate of drug-likeness (QED) is 0.270. The Balaban J connectivity index is 1.33. The summed E-state index contributed by atoms with van der Waals surface area (Å²) in [5, 5.41) is 0. The van der Waals surface area contributed by atoms with Crippen LogP contribution in [0.5, 0.6) is 5.75 Å². The summed E-state index contributed by atoms with van der Waals surface area (Å²) in [6.45, 7) is 5.23. The van der Waals surface area contributed by atoms with Gasteiger partial charge in [-0.1, -0.05) is 77.1 Å². The van der Waals surface area contributed by atoms with Gasteiger partial charge in [-0.3, -0.25) is 0 Å². The van der Waals surface area contributed by atoms with E-state index in [1.54, 1.807) is 0 Å². The monoisotopic (exact) mass is 422 g/mol. The van der Waals surface area contributed by atoms with Crippen molar-refractivity contribution in [2.45, 2.75) is 110 Å². The van der Waals surface area contributed by atoms with Gasteiger partial charge in [0.1, 0.15) is 5.75 Å². The molecule has 1 heteroatoms. The topological polar surface area (TPSA) is 9.23 Å². The molecule has 0 aliphatic heterocycles. The van der Waals surface area contributed by atoms with Crippen molar-refractivity contribution in [2.75, 3.05) is 6.61 Å². The Morgan fingerprint density at radius 2 is 1.39 bits per heavy atom. The first-order valence-corrected chi connectivity index (χ1v) is 13.5. The fourth-order valence-corrected chi connectivity index (χ4v) is 5.76. The molecule has 1 aromatic rings. The highest BCUT2D eigenvalue weighted by atomic mass is 16.5. The second-order valence-corrected chi connectivity index (χ2v) is 10.2. The van der Waals surface area contributed by atoms with E-state index in [0.717, 1.165) is 42.1 Å². The molecule has 0 amide bonds. The van der Waals surface area contributed by atoms with Crippen molar-refractivity contribution in [1.82, 2.24) is 0 Å². The van der Waals surface area contributed by atoms with Crippen molar-refractivity contribution in [3.63, 3.8) is 0 Å². The molecule has 2 aliphatic rings. The van der Waals surface area contributed by atoms with Crippen LogP contribution in [-0.4, -0.2) is 6.61 Å². The molecule has 0 saturated heterocycles. The molecule has 0 spiro atoms. The molecule has 31 heavy (non-hydrogen) atoms. The van der Waals surface area contributed by atoms with E-state index in [4.69, 9.17) is 4.74 Å². The van der Waals surface area contributed by atoms with E-state index in [0.29, 0.717) is 5.92 Å². The number of hydrogen-bond acceptors (Lipinski definition) is 1. The summed E-state index contributed by atoms with van der Waals surface area (Å²) in [5.41, 5.74) is 1.12. The second-order valence-electron chi connectivity index (χ2n) is 10.2. The molecule has 1 nitrogen and oxygen atoms in total. The predicted molar refractivity (Wildman–Crippen MR) is 133 cm³/mol. The van der Waals surface area contributed by atoms with Crippen LogP contribution in [0.25, 0.3) is 0 Å². The molecule has 1 aromatic carbocycles. The molecular weight excluding hydrogens is 376 g/mol. The molecule has 0 aromatic heterocycles. The average molecular weight is 423 g/mol. The largest absolute Gasteiger partial charge is 0.494 e. The van der Waals surface area contributed by atoms with Crippen molar-refractivity contribution in [3.8, 4) is 17.6 Å². The zero-order valence-corrected chi connectivity index (χ0v) is 20.3. The number of hydrogen-bond donors (Lipinski definition) is 0. The van der Waals surface area contributed by atoms with Gasteiger partial charge in [0.25, 0.3) is 0 Å². The number of benzene rings is 1. The number of ether oxygens (including phenoxy) is 1. The van der Waals surface area contributed by atoms with Crippen LogP contribution < -0.4 is 4.74 Å². The Morgan fingerprint density at radius 3 is 2.03 bits per heavy atom. The van der Waals surface area contributed by atoms with Crippen molar-refractivity contribution in [3.05, 3.63) is 29.8 Å². The molecule has 3 rings (SSSR count). The Bertz CT molecular complexity index is 648. The Morgan fingerprint density at radius 1 is 0.742 bits per heavy atom. The molecule has 0 bridgehead atoms. The zero-order chi connectivity index (χ0) is 21.7. The summed E-state index contributed by atoms with van der Waals surface area (Å²) >= 11 is 0. The highest BCUT2D eigenvalue weighted by molar-refractivity contribution is 5.38. The van der Waals surface area contributed by atoms with Crippen LogP contribution in [0.1, 0.15) is 116 Å². The summed E-state index contributed by atoms with van der Waals surface area (Å²) in [6, 6.07) is 8.31. The minimum Gasteiger partial charge on any atom is -0.494 e. The van der Waals surface area contributed by atoms with Crippen molar-refractivity contribution >= 4 is 0 Å². The molecule has 2 fully saturated rings. The molecule has 0 unspecified atom stereocenters. The molecule has 2 aliphatic carbocycles. The maximum Gasteiger partial charge on any atom is 0.119 e. The van der Waals surface area contributed by atoms with Gasteiger partial charge in [-0.25, -0.2) is 0 Å². The molecule has 172 valence electrons. The molecular formula is C30H46O. The first kappa shape index (κ1) is 24.2. The van der Waals surface area contributed by atoms with E-state index in [-0.39, 0.29) is 0 Å². The van der Waals surface area contributed by atoms with Gasteiger partial charge in [0.15, 0.2) is 0 Å². The van der Waals surface area contributed by atoms with Gasteiger partial charge < -0.3 is 4.74 Å². The van der Waals surface area contributed by atoms with Gasteiger partial charge in [0, 0.05) is 11.5 Å². The lowest BCUT2D eigenvalue weighted by Crippen LogP contribution is -2.25. The third kappa shape index (κ3) is 8.56. The highest BCUT2D eigenvalue weighted by Crippen LogP contribution is 2.42. The van der Waals surface area contributed by atoms with Crippen molar-refractivity contribution in [2.24, 2.45) is 23.7 Å². The lowest BCUT2D eigenvalue weighted by atomic mass is 9.69. The molecule has 0 radical (unpaired) electrons. The van der Waals surface area contributed by atoms with E-state index in [2.05, 4.69) is 50.0 Å². The fraction of sp³-hybridized carbons (Fsp3) is 0.733. The minimum atomic E-state index is 0.603. The van der Waals surface area contributed by atoms with E-state index in [1.165, 1.54) is 89.9 Å². The predicted octanol–water partition coefficient (Wildman–Crippen LogP) is 8.80. The van der Waals surface area contributed by atoms with Crippen LogP contribution in [0.4, 0.5) is 0 Å². The summed E-state index contributed by atoms with van der Waals surface area (Å²) in [5.74, 6) is 11.6. The minimum absolute atomic E-state index is 0.603. The third-order valence-electron chi connectivity index (χ3n) is 7.79. The normalized spacial score (nSPS) is 26.1. The van der Waals surface area contributed by atoms with Crippen LogP contribution in [0.15, 0.2) is 24.3 Å². The van der Waals surface area contributed by atoms with E-state index < -0.39 is 0 Å². The summed E-state index contributed by atoms with van der Waals surface area (Å²) < 4.78 is 5.67. The van der Waals surface area contributed by atoms with E-state index in [1.807, 2.05) is 0 Å². The van der Waals surface area contributed by atoms with Gasteiger partial charge in [-0.15, -0.1) is 0 Å². The maximum atomic E-state index is 5.67. The Labute approximate surface area is 192 Å². The van der Waals surface area contributed by atoms with Gasteiger partial charge in [-0.05, 0) is 87.0 Å². The van der Waals surface area contributed by atoms with Crippen LogP contribution in [0.2, 0.25) is 0 Å². The first-order valence-electron chi connectivity index (χ1n) is 13.5. The van der Waals surface area contributed by atoms with Gasteiger partial charge in [0.2, 0.25) is 0 Å². The van der Waals surface area contributed by atoms with Crippen molar-refractivity contribution in [1.29, 1.82) is 0 Å². The van der Waals surface area contributed by atoms with Gasteiger partial charge in [-0.2, -0.15) is 0 Å². The number of unbranched alkanes of at least 4 members (excludes halogenated alkanes) is 4. The van der Waals surface area contributed by atoms with Crippen LogP contribution in [0, 0.1) is 35.5 Å². The fourth-order valence-electron chi connectivity index (χ4n) is 5.76. The van der Waals surface area contributed by atoms with E-state index >= 15 is 0 Å². The smallest absolute Gasteiger partial charge is 0.119 e. The Kier molecular flexibility index (Phi) is 10.8. The van der Waals surface area contributed by atoms with Crippen LogP contribution in [0.3, 0.4) is 0 Å². The summed E-state index contributed by atoms with van der Waals surface area (Å²) in [7, 11) is 0. The van der Waals surface area contributed by atoms with Crippen LogP contribution in [-0.2, 0) is 0 Å². The standard InChI is InChI=1S/C30H46O/c1-3-5-6-7-8-9-25-12-18-28(19-13-25)29-20-14-26(15-21-29)10-11-27-16-22-30(23-17-27)31-24-4-2/h16-17,22-23,25-26,28-29H,3-9,12-15,18-21,24H2,1-2H3/t25-,26?,28-,29?. The van der Waals surface area contributed by atoms with Gasteiger partial charge in [0.05, 0.1) is 6.61 Å². The number of rotatable bonds is 10. The lowest BCUT2D eigenvalue weighted by molar-refractivity contribution is 0.153. The SMILES string of the molecule is CCCCCCC[C@H]1CC[C@H](C2CCC(C#Cc3ccc(OCCC)cc3)CC2)CC1. The van der Waals surface area contributed by atoms with Crippen molar-refractivity contribution < 1.29 is 4.74 Å². The summed E-state index contributed by atoms with van der Waals surface area (Å²) in [4.78, 5) is 0. The van der Waals surface area contributed by atoms with Crippen LogP contribution >= 0.6 is 0 Å². The molecule has 2 saturated carbocycles.